The van der Waals surface area contributed by atoms with Crippen LogP contribution in [-0.4, -0.2) is 0 Å². The van der Waals surface area contributed by atoms with Crippen LogP contribution in [0.2, 0.25) is 5.02 Å². The van der Waals surface area contributed by atoms with E-state index in [2.05, 4.69) is 18.4 Å². The molecule has 2 N–H and O–H groups in total. The average Bonchev–Trinajstić information content (AvgIpc) is 2.65. The lowest BCUT2D eigenvalue weighted by molar-refractivity contribution is 1.07. The van der Waals surface area contributed by atoms with Crippen LogP contribution in [0, 0.1) is 6.92 Å². The molecule has 0 aliphatic rings. The zero-order valence-electron chi connectivity index (χ0n) is 8.46. The number of thiophene rings is 1. The molecule has 0 aliphatic carbocycles. The summed E-state index contributed by atoms with van der Waals surface area (Å²) in [5.41, 5.74) is 9.20. The van der Waals surface area contributed by atoms with Crippen LogP contribution in [0.1, 0.15) is 10.4 Å². The number of benzene rings is 1. The van der Waals surface area contributed by atoms with E-state index in [9.17, 15) is 0 Å². The van der Waals surface area contributed by atoms with Crippen molar-refractivity contribution in [1.82, 2.24) is 0 Å². The molecule has 15 heavy (non-hydrogen) atoms. The van der Waals surface area contributed by atoms with Crippen LogP contribution in [0.3, 0.4) is 0 Å². The molecular weight excluding hydrogens is 226 g/mol. The second-order valence-corrected chi connectivity index (χ2v) is 5.00. The topological polar surface area (TPSA) is 26.0 Å². The van der Waals surface area contributed by atoms with Crippen LogP contribution in [0.25, 0.3) is 11.1 Å². The van der Waals surface area contributed by atoms with Gasteiger partial charge in [-0.1, -0.05) is 17.7 Å². The van der Waals surface area contributed by atoms with Crippen LogP contribution in [-0.2, 0) is 6.54 Å². The van der Waals surface area contributed by atoms with Crippen LogP contribution < -0.4 is 5.73 Å². The minimum atomic E-state index is 0.543. The van der Waals surface area contributed by atoms with Crippen LogP contribution in [0.15, 0.2) is 29.6 Å². The van der Waals surface area contributed by atoms with Crippen molar-refractivity contribution in [3.8, 4) is 11.1 Å². The lowest BCUT2D eigenvalue weighted by atomic mass is 10.0. The molecule has 78 valence electrons. The van der Waals surface area contributed by atoms with Crippen LogP contribution in [0.4, 0.5) is 0 Å². The quantitative estimate of drug-likeness (QED) is 0.844. The summed E-state index contributed by atoms with van der Waals surface area (Å²) in [5, 5.41) is 2.89. The lowest BCUT2D eigenvalue weighted by Crippen LogP contribution is -1.98. The molecule has 2 rings (SSSR count). The Morgan fingerprint density at radius 1 is 1.33 bits per heavy atom. The van der Waals surface area contributed by atoms with Gasteiger partial charge in [-0.3, -0.25) is 0 Å². The Hall–Kier alpha value is -0.830. The first-order valence-electron chi connectivity index (χ1n) is 4.74. The van der Waals surface area contributed by atoms with Crippen LogP contribution in [0.5, 0.6) is 0 Å². The first kappa shape index (κ1) is 10.7. The maximum Gasteiger partial charge on any atom is 0.0412 e. The molecule has 0 spiro atoms. The number of hydrogen-bond acceptors (Lipinski definition) is 2. The van der Waals surface area contributed by atoms with Gasteiger partial charge in [0.2, 0.25) is 0 Å². The zero-order valence-corrected chi connectivity index (χ0v) is 10.0. The fourth-order valence-electron chi connectivity index (χ4n) is 1.58. The Balaban J connectivity index is 2.55. The van der Waals surface area contributed by atoms with Crippen molar-refractivity contribution in [2.24, 2.45) is 5.73 Å². The molecule has 1 aromatic carbocycles. The molecule has 0 amide bonds. The first-order chi connectivity index (χ1) is 7.20. The minimum absolute atomic E-state index is 0.543. The van der Waals surface area contributed by atoms with E-state index < -0.39 is 0 Å². The van der Waals surface area contributed by atoms with Crippen molar-refractivity contribution in [1.29, 1.82) is 0 Å². The van der Waals surface area contributed by atoms with E-state index in [1.54, 1.807) is 11.3 Å². The number of nitrogens with two attached hydrogens (primary N) is 1. The molecule has 0 fully saturated rings. The molecule has 0 unspecified atom stereocenters. The predicted octanol–water partition coefficient (Wildman–Crippen LogP) is 3.84. The molecule has 0 radical (unpaired) electrons. The molecule has 1 heterocycles. The van der Waals surface area contributed by atoms with E-state index in [1.807, 2.05) is 18.2 Å². The van der Waals surface area contributed by atoms with E-state index >= 15 is 0 Å². The van der Waals surface area contributed by atoms with Crippen molar-refractivity contribution in [2.45, 2.75) is 13.5 Å². The molecule has 0 saturated heterocycles. The zero-order chi connectivity index (χ0) is 10.8. The molecular formula is C12H12ClNS. The van der Waals surface area contributed by atoms with Crippen molar-refractivity contribution < 1.29 is 0 Å². The van der Waals surface area contributed by atoms with Crippen molar-refractivity contribution in [3.63, 3.8) is 0 Å². The number of hydrogen-bond donors (Lipinski definition) is 1. The van der Waals surface area contributed by atoms with Crippen molar-refractivity contribution in [2.75, 3.05) is 0 Å². The molecule has 3 heteroatoms. The number of rotatable bonds is 2. The average molecular weight is 238 g/mol. The smallest absolute Gasteiger partial charge is 0.0412 e. The third kappa shape index (κ3) is 2.23. The highest BCUT2D eigenvalue weighted by Crippen LogP contribution is 2.30. The summed E-state index contributed by atoms with van der Waals surface area (Å²) in [4.78, 5) is 1.30. The normalized spacial score (nSPS) is 10.6. The predicted molar refractivity (Wildman–Crippen MR) is 67.4 cm³/mol. The Labute approximate surface area is 98.5 Å². The SMILES string of the molecule is Cc1cc(-c2cc(Cl)ccc2CN)cs1. The standard InChI is InChI=1S/C12H12ClNS/c1-8-4-10(7-15-8)12-5-11(13)3-2-9(12)6-14/h2-5,7H,6,14H2,1H3. The van der Waals surface area contributed by atoms with Crippen molar-refractivity contribution in [3.05, 3.63) is 45.1 Å². The Morgan fingerprint density at radius 3 is 2.73 bits per heavy atom. The number of aryl methyl sites for hydroxylation is 1. The molecule has 0 bridgehead atoms. The highest BCUT2D eigenvalue weighted by molar-refractivity contribution is 7.10. The summed E-state index contributed by atoms with van der Waals surface area (Å²) >= 11 is 7.73. The van der Waals surface area contributed by atoms with Gasteiger partial charge in [-0.05, 0) is 47.2 Å². The van der Waals surface area contributed by atoms with Gasteiger partial charge in [-0.25, -0.2) is 0 Å². The fraction of sp³-hybridized carbons (Fsp3) is 0.167. The summed E-state index contributed by atoms with van der Waals surface area (Å²) in [7, 11) is 0. The summed E-state index contributed by atoms with van der Waals surface area (Å²) in [5.74, 6) is 0. The Kier molecular flexibility index (Phi) is 3.10. The van der Waals surface area contributed by atoms with E-state index in [4.69, 9.17) is 17.3 Å². The van der Waals surface area contributed by atoms with E-state index in [0.29, 0.717) is 6.54 Å². The summed E-state index contributed by atoms with van der Waals surface area (Å²) in [6, 6.07) is 8.01. The second-order valence-electron chi connectivity index (χ2n) is 3.45. The van der Waals surface area contributed by atoms with Gasteiger partial charge in [-0.15, -0.1) is 11.3 Å². The monoisotopic (exact) mass is 237 g/mol. The summed E-state index contributed by atoms with van der Waals surface area (Å²) in [6.45, 7) is 2.64. The number of halogens is 1. The fourth-order valence-corrected chi connectivity index (χ4v) is 2.46. The van der Waals surface area contributed by atoms with Gasteiger partial charge in [0, 0.05) is 16.4 Å². The lowest BCUT2D eigenvalue weighted by Gasteiger charge is -2.06. The largest absolute Gasteiger partial charge is 0.326 e. The highest BCUT2D eigenvalue weighted by atomic mass is 35.5. The summed E-state index contributed by atoms with van der Waals surface area (Å²) in [6.07, 6.45) is 0. The van der Waals surface area contributed by atoms with Gasteiger partial charge in [0.1, 0.15) is 0 Å². The Morgan fingerprint density at radius 2 is 2.13 bits per heavy atom. The van der Waals surface area contributed by atoms with E-state index in [1.165, 1.54) is 10.4 Å². The first-order valence-corrected chi connectivity index (χ1v) is 6.00. The van der Waals surface area contributed by atoms with Gasteiger partial charge in [0.15, 0.2) is 0 Å². The second kappa shape index (κ2) is 4.35. The maximum absolute atomic E-state index is 5.99. The van der Waals surface area contributed by atoms with Gasteiger partial charge in [0.05, 0.1) is 0 Å². The minimum Gasteiger partial charge on any atom is -0.326 e. The van der Waals surface area contributed by atoms with Gasteiger partial charge in [-0.2, -0.15) is 0 Å². The van der Waals surface area contributed by atoms with Crippen LogP contribution >= 0.6 is 22.9 Å². The van der Waals surface area contributed by atoms with Gasteiger partial charge >= 0.3 is 0 Å². The third-order valence-electron chi connectivity index (χ3n) is 2.33. The van der Waals surface area contributed by atoms with E-state index in [-0.39, 0.29) is 0 Å². The summed E-state index contributed by atoms with van der Waals surface area (Å²) < 4.78 is 0. The maximum atomic E-state index is 5.99. The molecule has 0 saturated carbocycles. The molecule has 0 atom stereocenters. The van der Waals surface area contributed by atoms with Gasteiger partial charge in [0.25, 0.3) is 0 Å². The van der Waals surface area contributed by atoms with Crippen molar-refractivity contribution >= 4 is 22.9 Å². The third-order valence-corrected chi connectivity index (χ3v) is 3.43. The Bertz CT molecular complexity index is 476. The molecule has 0 aliphatic heterocycles. The molecule has 1 nitrogen and oxygen atoms in total. The molecule has 2 aromatic rings. The highest BCUT2D eigenvalue weighted by Gasteiger charge is 2.06. The molecule has 1 aromatic heterocycles. The van der Waals surface area contributed by atoms with E-state index in [0.717, 1.165) is 16.1 Å². The van der Waals surface area contributed by atoms with Gasteiger partial charge < -0.3 is 5.73 Å².